The quantitative estimate of drug-likeness (QED) is 0.752. The topological polar surface area (TPSA) is 75.3 Å². The van der Waals surface area contributed by atoms with E-state index >= 15 is 0 Å². The van der Waals surface area contributed by atoms with E-state index in [0.717, 1.165) is 5.56 Å². The number of nitrogens with one attached hydrogen (secondary N) is 1. The fraction of sp³-hybridized carbons (Fsp3) is 0.462. The zero-order valence-corrected chi connectivity index (χ0v) is 10.5. The van der Waals surface area contributed by atoms with Crippen LogP contribution in [0.2, 0.25) is 0 Å². The van der Waals surface area contributed by atoms with E-state index in [1.54, 1.807) is 0 Å². The monoisotopic (exact) mass is 236 g/mol. The molecule has 0 saturated carbocycles. The largest absolute Gasteiger partial charge is 0.465 e. The molecule has 0 aliphatic carbocycles. The third-order valence-electron chi connectivity index (χ3n) is 3.15. The minimum absolute atomic E-state index is 0.190. The highest BCUT2D eigenvalue weighted by molar-refractivity contribution is 5.64. The van der Waals surface area contributed by atoms with Crippen molar-refractivity contribution in [1.29, 1.82) is 0 Å². The Morgan fingerprint density at radius 1 is 1.29 bits per heavy atom. The van der Waals surface area contributed by atoms with Gasteiger partial charge in [-0.2, -0.15) is 0 Å². The summed E-state index contributed by atoms with van der Waals surface area (Å²) in [5.41, 5.74) is 6.37. The van der Waals surface area contributed by atoms with Crippen molar-refractivity contribution >= 4 is 6.09 Å². The molecule has 94 valence electrons. The zero-order chi connectivity index (χ0) is 13.1. The summed E-state index contributed by atoms with van der Waals surface area (Å²) in [5.74, 6) is 0. The average molecular weight is 236 g/mol. The molecule has 0 bridgehead atoms. The fourth-order valence-electron chi connectivity index (χ4n) is 1.75. The van der Waals surface area contributed by atoms with Gasteiger partial charge < -0.3 is 16.2 Å². The van der Waals surface area contributed by atoms with Gasteiger partial charge in [0.05, 0.1) is 5.54 Å². The Morgan fingerprint density at radius 3 is 2.24 bits per heavy atom. The molecule has 4 nitrogen and oxygen atoms in total. The lowest BCUT2D eigenvalue weighted by atomic mass is 9.70. The third-order valence-corrected chi connectivity index (χ3v) is 3.15. The number of carbonyl (C=O) groups is 1. The van der Waals surface area contributed by atoms with Crippen molar-refractivity contribution in [2.24, 2.45) is 11.1 Å². The van der Waals surface area contributed by atoms with Crippen LogP contribution >= 0.6 is 0 Å². The maximum atomic E-state index is 10.6. The summed E-state index contributed by atoms with van der Waals surface area (Å²) in [4.78, 5) is 10.6. The fourth-order valence-corrected chi connectivity index (χ4v) is 1.75. The second-order valence-electron chi connectivity index (χ2n) is 5.25. The first kappa shape index (κ1) is 13.5. The first-order chi connectivity index (χ1) is 7.77. The van der Waals surface area contributed by atoms with Crippen molar-refractivity contribution in [2.45, 2.75) is 26.3 Å². The van der Waals surface area contributed by atoms with Crippen LogP contribution in [0.4, 0.5) is 4.79 Å². The Balaban J connectivity index is 3.07. The summed E-state index contributed by atoms with van der Waals surface area (Å²) in [7, 11) is 0. The number of rotatable bonds is 3. The molecule has 0 saturated heterocycles. The van der Waals surface area contributed by atoms with E-state index in [0.29, 0.717) is 0 Å². The molecule has 1 unspecified atom stereocenters. The number of hydrogen-bond acceptors (Lipinski definition) is 2. The van der Waals surface area contributed by atoms with Gasteiger partial charge in [-0.15, -0.1) is 0 Å². The first-order valence-electron chi connectivity index (χ1n) is 5.58. The van der Waals surface area contributed by atoms with Crippen molar-refractivity contribution in [3.8, 4) is 0 Å². The molecule has 0 aliphatic heterocycles. The molecule has 1 amide bonds. The lowest BCUT2D eigenvalue weighted by Crippen LogP contribution is -2.55. The Hall–Kier alpha value is -1.55. The van der Waals surface area contributed by atoms with Crippen LogP contribution in [0, 0.1) is 5.41 Å². The summed E-state index contributed by atoms with van der Waals surface area (Å²) in [6.45, 7) is 6.20. The van der Waals surface area contributed by atoms with E-state index in [4.69, 9.17) is 10.8 Å². The average Bonchev–Trinajstić information content (AvgIpc) is 2.25. The van der Waals surface area contributed by atoms with Gasteiger partial charge in [-0.1, -0.05) is 51.1 Å². The molecule has 0 fully saturated rings. The van der Waals surface area contributed by atoms with Crippen molar-refractivity contribution in [3.63, 3.8) is 0 Å². The predicted octanol–water partition coefficient (Wildman–Crippen LogP) is 2.15. The summed E-state index contributed by atoms with van der Waals surface area (Å²) in [6, 6.07) is 9.58. The molecule has 4 heteroatoms. The van der Waals surface area contributed by atoms with Gasteiger partial charge in [0.1, 0.15) is 0 Å². The molecule has 0 aliphatic rings. The number of benzene rings is 1. The molecule has 17 heavy (non-hydrogen) atoms. The summed E-state index contributed by atoms with van der Waals surface area (Å²) in [6.07, 6.45) is -1.06. The van der Waals surface area contributed by atoms with E-state index in [9.17, 15) is 4.79 Å². The van der Waals surface area contributed by atoms with Crippen LogP contribution in [-0.4, -0.2) is 17.7 Å². The second kappa shape index (κ2) is 4.75. The summed E-state index contributed by atoms with van der Waals surface area (Å²) < 4.78 is 0. The lowest BCUT2D eigenvalue weighted by molar-refractivity contribution is 0.163. The molecule has 1 aromatic carbocycles. The molecule has 4 N–H and O–H groups in total. The second-order valence-corrected chi connectivity index (χ2v) is 5.25. The summed E-state index contributed by atoms with van der Waals surface area (Å²) in [5, 5.41) is 11.1. The molecule has 0 spiro atoms. The van der Waals surface area contributed by atoms with Gasteiger partial charge >= 0.3 is 6.09 Å². The van der Waals surface area contributed by atoms with Gasteiger partial charge in [0, 0.05) is 6.54 Å². The van der Waals surface area contributed by atoms with Crippen LogP contribution in [0.3, 0.4) is 0 Å². The first-order valence-corrected chi connectivity index (χ1v) is 5.58. The Bertz CT molecular complexity index is 384. The van der Waals surface area contributed by atoms with Crippen LogP contribution in [0.15, 0.2) is 30.3 Å². The zero-order valence-electron chi connectivity index (χ0n) is 10.5. The molecule has 0 aromatic heterocycles. The van der Waals surface area contributed by atoms with E-state index < -0.39 is 11.6 Å². The molecular formula is C13H20N2O2. The van der Waals surface area contributed by atoms with Crippen molar-refractivity contribution < 1.29 is 9.90 Å². The van der Waals surface area contributed by atoms with E-state index in [1.807, 2.05) is 51.1 Å². The maximum absolute atomic E-state index is 10.6. The van der Waals surface area contributed by atoms with Crippen LogP contribution in [0.1, 0.15) is 26.3 Å². The standard InChI is InChI=1S/C13H20N2O2/c1-12(2,3)13(14,9-15-11(16)17)10-7-5-4-6-8-10/h4-8,15H,9,14H2,1-3H3,(H,16,17). The van der Waals surface area contributed by atoms with Gasteiger partial charge in [-0.25, -0.2) is 4.79 Å². The van der Waals surface area contributed by atoms with E-state index in [2.05, 4.69) is 5.32 Å². The summed E-state index contributed by atoms with van der Waals surface area (Å²) >= 11 is 0. The lowest BCUT2D eigenvalue weighted by Gasteiger charge is -2.42. The van der Waals surface area contributed by atoms with Gasteiger partial charge in [-0.05, 0) is 11.0 Å². The van der Waals surface area contributed by atoms with Crippen LogP contribution in [-0.2, 0) is 5.54 Å². The van der Waals surface area contributed by atoms with E-state index in [1.165, 1.54) is 0 Å². The van der Waals surface area contributed by atoms with Crippen LogP contribution in [0.25, 0.3) is 0 Å². The van der Waals surface area contributed by atoms with Crippen molar-refractivity contribution in [2.75, 3.05) is 6.54 Å². The number of amides is 1. The normalized spacial score (nSPS) is 15.1. The van der Waals surface area contributed by atoms with Gasteiger partial charge in [0.25, 0.3) is 0 Å². The highest BCUT2D eigenvalue weighted by Crippen LogP contribution is 2.36. The highest BCUT2D eigenvalue weighted by atomic mass is 16.4. The van der Waals surface area contributed by atoms with Gasteiger partial charge in [-0.3, -0.25) is 0 Å². The number of carboxylic acid groups (broad SMARTS) is 1. The minimum atomic E-state index is -1.06. The molecule has 1 aromatic rings. The number of nitrogens with two attached hydrogens (primary N) is 1. The van der Waals surface area contributed by atoms with E-state index in [-0.39, 0.29) is 12.0 Å². The molecule has 0 radical (unpaired) electrons. The molecular weight excluding hydrogens is 216 g/mol. The van der Waals surface area contributed by atoms with Crippen molar-refractivity contribution in [3.05, 3.63) is 35.9 Å². The molecule has 1 atom stereocenters. The number of hydrogen-bond donors (Lipinski definition) is 3. The minimum Gasteiger partial charge on any atom is -0.465 e. The Morgan fingerprint density at radius 2 is 1.82 bits per heavy atom. The Labute approximate surface area is 102 Å². The Kier molecular flexibility index (Phi) is 3.78. The van der Waals surface area contributed by atoms with Gasteiger partial charge in [0.2, 0.25) is 0 Å². The predicted molar refractivity (Wildman–Crippen MR) is 67.8 cm³/mol. The smallest absolute Gasteiger partial charge is 0.404 e. The van der Waals surface area contributed by atoms with Gasteiger partial charge in [0.15, 0.2) is 0 Å². The maximum Gasteiger partial charge on any atom is 0.404 e. The molecule has 0 heterocycles. The van der Waals surface area contributed by atoms with Crippen LogP contribution in [0.5, 0.6) is 0 Å². The highest BCUT2D eigenvalue weighted by Gasteiger charge is 2.39. The SMILES string of the molecule is CC(C)(C)C(N)(CNC(=O)O)c1ccccc1. The van der Waals surface area contributed by atoms with Crippen LogP contribution < -0.4 is 11.1 Å². The van der Waals surface area contributed by atoms with Crippen molar-refractivity contribution in [1.82, 2.24) is 5.32 Å². The molecule has 1 rings (SSSR count). The third kappa shape index (κ3) is 2.97.